The maximum absolute atomic E-state index is 10.6. The van der Waals surface area contributed by atoms with Crippen LogP contribution in [0, 0.1) is 0 Å². The van der Waals surface area contributed by atoms with Gasteiger partial charge in [0.2, 0.25) is 0 Å². The third-order valence-electron chi connectivity index (χ3n) is 1.82. The molecule has 0 spiro atoms. The molecule has 0 unspecified atom stereocenters. The third kappa shape index (κ3) is 2.44. The molecular formula is C10H7AgOSe. The monoisotopic (exact) mass is 330 g/mol. The Balaban J connectivity index is 0.000000845. The van der Waals surface area contributed by atoms with Gasteiger partial charge in [0.15, 0.2) is 0 Å². The van der Waals surface area contributed by atoms with Crippen LogP contribution in [0.2, 0.25) is 0 Å². The Kier molecular flexibility index (Phi) is 4.20. The van der Waals surface area contributed by atoms with Crippen molar-refractivity contribution in [3.63, 3.8) is 0 Å². The molecule has 0 heterocycles. The first-order chi connectivity index (χ1) is 5.90. The zero-order valence-corrected chi connectivity index (χ0v) is 9.85. The standard InChI is InChI=1S/C10H8OSe.Ag/c11-12-10-6-5-8-3-1-2-4-9(8)7-10;/h1-7,11H;/q;+1/p-1. The van der Waals surface area contributed by atoms with Crippen molar-refractivity contribution in [2.45, 2.75) is 0 Å². The summed E-state index contributed by atoms with van der Waals surface area (Å²) in [6, 6.07) is 14.0. The summed E-state index contributed by atoms with van der Waals surface area (Å²) in [4.78, 5) is 0. The summed E-state index contributed by atoms with van der Waals surface area (Å²) in [7, 11) is 0. The van der Waals surface area contributed by atoms with Crippen molar-refractivity contribution >= 4 is 30.5 Å². The zero-order valence-electron chi connectivity index (χ0n) is 6.66. The Morgan fingerprint density at radius 2 is 1.62 bits per heavy atom. The van der Waals surface area contributed by atoms with Crippen LogP contribution in [0.5, 0.6) is 0 Å². The average molecular weight is 330 g/mol. The van der Waals surface area contributed by atoms with Gasteiger partial charge in [-0.15, -0.1) is 0 Å². The Hall–Kier alpha value is -0.0803. The van der Waals surface area contributed by atoms with Crippen LogP contribution in [-0.2, 0) is 22.4 Å². The van der Waals surface area contributed by atoms with Crippen molar-refractivity contribution in [3.8, 4) is 0 Å². The van der Waals surface area contributed by atoms with Gasteiger partial charge in [0.1, 0.15) is 0 Å². The average Bonchev–Trinajstić information content (AvgIpc) is 2.17. The molecule has 0 radical (unpaired) electrons. The second-order valence-electron chi connectivity index (χ2n) is 2.59. The fourth-order valence-electron chi connectivity index (χ4n) is 1.22. The van der Waals surface area contributed by atoms with Gasteiger partial charge in [-0.2, -0.15) is 0 Å². The minimum atomic E-state index is -0.635. The van der Waals surface area contributed by atoms with Crippen molar-refractivity contribution in [2.75, 3.05) is 0 Å². The van der Waals surface area contributed by atoms with Crippen LogP contribution in [0.25, 0.3) is 10.8 Å². The van der Waals surface area contributed by atoms with E-state index >= 15 is 0 Å². The summed E-state index contributed by atoms with van der Waals surface area (Å²) >= 11 is -0.635. The van der Waals surface area contributed by atoms with E-state index in [1.54, 1.807) is 0 Å². The first kappa shape index (κ1) is 11.0. The summed E-state index contributed by atoms with van der Waals surface area (Å²) in [6.07, 6.45) is 0. The van der Waals surface area contributed by atoms with Crippen LogP contribution < -0.4 is 8.65 Å². The van der Waals surface area contributed by atoms with E-state index in [0.717, 1.165) is 9.85 Å². The Morgan fingerprint density at radius 3 is 2.31 bits per heavy atom. The molecule has 2 aromatic rings. The van der Waals surface area contributed by atoms with E-state index < -0.39 is 15.3 Å². The quantitative estimate of drug-likeness (QED) is 0.696. The second-order valence-corrected chi connectivity index (χ2v) is 3.93. The Morgan fingerprint density at radius 1 is 0.923 bits per heavy atom. The van der Waals surface area contributed by atoms with E-state index in [2.05, 4.69) is 6.07 Å². The molecule has 0 saturated heterocycles. The maximum atomic E-state index is 10.6. The predicted octanol–water partition coefficient (Wildman–Crippen LogP) is 0.442. The van der Waals surface area contributed by atoms with Gasteiger partial charge in [-0.25, -0.2) is 0 Å². The molecule has 0 aliphatic carbocycles. The van der Waals surface area contributed by atoms with E-state index in [1.165, 1.54) is 5.39 Å². The molecule has 0 bridgehead atoms. The molecule has 0 aliphatic heterocycles. The van der Waals surface area contributed by atoms with Gasteiger partial charge in [0, 0.05) is 0 Å². The molecule has 1 nitrogen and oxygen atoms in total. The molecule has 70 valence electrons. The fraction of sp³-hybridized carbons (Fsp3) is 0. The molecule has 0 aliphatic rings. The summed E-state index contributed by atoms with van der Waals surface area (Å²) in [5.41, 5.74) is 0. The van der Waals surface area contributed by atoms with Crippen molar-refractivity contribution in [1.82, 2.24) is 0 Å². The van der Waals surface area contributed by atoms with Crippen LogP contribution in [0.15, 0.2) is 42.5 Å². The first-order valence-corrected chi connectivity index (χ1v) is 5.24. The normalized spacial score (nSPS) is 9.62. The molecule has 0 saturated carbocycles. The number of hydrogen-bond donors (Lipinski definition) is 0. The summed E-state index contributed by atoms with van der Waals surface area (Å²) in [5, 5.41) is 2.36. The number of rotatable bonds is 1. The van der Waals surface area contributed by atoms with Crippen molar-refractivity contribution in [1.29, 1.82) is 0 Å². The Bertz CT molecular complexity index is 403. The number of hydrogen-bond acceptors (Lipinski definition) is 1. The molecule has 0 aromatic heterocycles. The second kappa shape index (κ2) is 4.96. The van der Waals surface area contributed by atoms with Crippen LogP contribution in [-0.4, -0.2) is 15.3 Å². The minimum absolute atomic E-state index is 0. The molecule has 3 heteroatoms. The van der Waals surface area contributed by atoms with Crippen molar-refractivity contribution in [2.24, 2.45) is 0 Å². The van der Waals surface area contributed by atoms with Gasteiger partial charge in [0.25, 0.3) is 0 Å². The summed E-state index contributed by atoms with van der Waals surface area (Å²) in [6.45, 7) is 0. The van der Waals surface area contributed by atoms with E-state index in [4.69, 9.17) is 0 Å². The van der Waals surface area contributed by atoms with E-state index in [0.29, 0.717) is 0 Å². The zero-order chi connectivity index (χ0) is 8.39. The summed E-state index contributed by atoms with van der Waals surface area (Å²) < 4.78 is 11.6. The molecule has 2 aromatic carbocycles. The first-order valence-electron chi connectivity index (χ1n) is 3.69. The van der Waals surface area contributed by atoms with Gasteiger partial charge in [0.05, 0.1) is 0 Å². The van der Waals surface area contributed by atoms with Gasteiger partial charge in [-0.1, -0.05) is 0 Å². The number of fused-ring (bicyclic) bond motifs is 1. The van der Waals surface area contributed by atoms with E-state index in [1.807, 2.05) is 36.4 Å². The fourth-order valence-corrected chi connectivity index (χ4v) is 1.85. The van der Waals surface area contributed by atoms with Crippen molar-refractivity contribution in [3.05, 3.63) is 42.5 Å². The molecule has 0 atom stereocenters. The number of benzene rings is 2. The van der Waals surface area contributed by atoms with Gasteiger partial charge in [-0.3, -0.25) is 0 Å². The molecule has 0 amide bonds. The topological polar surface area (TPSA) is 23.1 Å². The van der Waals surface area contributed by atoms with E-state index in [9.17, 15) is 4.19 Å². The molecular weight excluding hydrogens is 323 g/mol. The molecule has 0 fully saturated rings. The summed E-state index contributed by atoms with van der Waals surface area (Å²) in [5.74, 6) is 0. The van der Waals surface area contributed by atoms with Crippen LogP contribution in [0.3, 0.4) is 0 Å². The van der Waals surface area contributed by atoms with Gasteiger partial charge in [-0.05, 0) is 0 Å². The van der Waals surface area contributed by atoms with Gasteiger partial charge >= 0.3 is 99.6 Å². The molecule has 13 heavy (non-hydrogen) atoms. The van der Waals surface area contributed by atoms with Crippen LogP contribution in [0.4, 0.5) is 0 Å². The molecule has 0 N–H and O–H groups in total. The molecule has 2 rings (SSSR count). The van der Waals surface area contributed by atoms with Gasteiger partial charge < -0.3 is 0 Å². The Labute approximate surface area is 99.1 Å². The van der Waals surface area contributed by atoms with Crippen LogP contribution >= 0.6 is 0 Å². The van der Waals surface area contributed by atoms with Crippen LogP contribution in [0.1, 0.15) is 0 Å². The van der Waals surface area contributed by atoms with E-state index in [-0.39, 0.29) is 22.4 Å². The predicted molar refractivity (Wildman–Crippen MR) is 49.3 cm³/mol. The van der Waals surface area contributed by atoms with Crippen molar-refractivity contribution < 1.29 is 26.6 Å². The third-order valence-corrected chi connectivity index (χ3v) is 2.75. The SMILES string of the molecule is [Ag+].[O-][Se]c1ccc2ccccc2c1.